The average Bonchev–Trinajstić information content (AvgIpc) is 2.32. The number of rotatable bonds is 3. The number of aromatic nitrogens is 1. The molecule has 2 aromatic rings. The molecule has 0 radical (unpaired) electrons. The largest absolute Gasteiger partial charge is 0.397 e. The molecule has 100 valence electrons. The van der Waals surface area contributed by atoms with Crippen molar-refractivity contribution in [2.24, 2.45) is 0 Å². The average molecular weight is 296 g/mol. The Kier molecular flexibility index (Phi) is 4.17. The minimum absolute atomic E-state index is 0.0274. The van der Waals surface area contributed by atoms with E-state index < -0.39 is 0 Å². The molecule has 0 saturated heterocycles. The van der Waals surface area contributed by atoms with Gasteiger partial charge in [0.05, 0.1) is 17.9 Å². The number of anilines is 2. The molecule has 1 aromatic carbocycles. The van der Waals surface area contributed by atoms with E-state index in [0.717, 1.165) is 16.9 Å². The van der Waals surface area contributed by atoms with Gasteiger partial charge in [-0.3, -0.25) is 0 Å². The van der Waals surface area contributed by atoms with Crippen LogP contribution < -0.4 is 11.1 Å². The van der Waals surface area contributed by atoms with Crippen molar-refractivity contribution in [3.63, 3.8) is 0 Å². The number of pyridine rings is 1. The predicted octanol–water partition coefficient (Wildman–Crippen LogP) is 4.45. The maximum atomic E-state index is 6.19. The maximum Gasteiger partial charge on any atom is 0.129 e. The van der Waals surface area contributed by atoms with Crippen molar-refractivity contribution in [2.45, 2.75) is 19.9 Å². The number of hydrogen-bond donors (Lipinski definition) is 2. The third-order valence-electron chi connectivity index (χ3n) is 2.88. The number of nitrogen functional groups attached to an aromatic ring is 1. The zero-order chi connectivity index (χ0) is 14.0. The molecule has 3 nitrogen and oxygen atoms in total. The molecule has 5 heteroatoms. The number of aryl methyl sites for hydroxylation is 1. The fourth-order valence-electron chi connectivity index (χ4n) is 1.88. The fourth-order valence-corrected chi connectivity index (χ4v) is 2.46. The van der Waals surface area contributed by atoms with Crippen molar-refractivity contribution in [3.05, 3.63) is 51.6 Å². The highest BCUT2D eigenvalue weighted by atomic mass is 35.5. The Bertz CT molecular complexity index is 599. The number of nitrogens with zero attached hydrogens (tertiary/aromatic N) is 1. The molecule has 1 unspecified atom stereocenters. The van der Waals surface area contributed by atoms with Gasteiger partial charge in [0.15, 0.2) is 0 Å². The van der Waals surface area contributed by atoms with Crippen LogP contribution in [0.25, 0.3) is 0 Å². The number of hydrogen-bond acceptors (Lipinski definition) is 3. The van der Waals surface area contributed by atoms with Gasteiger partial charge in [-0.1, -0.05) is 29.3 Å². The lowest BCUT2D eigenvalue weighted by atomic mass is 10.1. The SMILES string of the molecule is Cc1cc(N)cnc1NC(C)c1ccc(Cl)cc1Cl. The van der Waals surface area contributed by atoms with E-state index >= 15 is 0 Å². The predicted molar refractivity (Wildman–Crippen MR) is 81.9 cm³/mol. The molecular weight excluding hydrogens is 281 g/mol. The van der Waals surface area contributed by atoms with Crippen LogP contribution >= 0.6 is 23.2 Å². The summed E-state index contributed by atoms with van der Waals surface area (Å²) in [4.78, 5) is 4.29. The molecule has 1 aromatic heterocycles. The third kappa shape index (κ3) is 3.31. The Labute approximate surface area is 122 Å². The summed E-state index contributed by atoms with van der Waals surface area (Å²) in [5.74, 6) is 0.799. The topological polar surface area (TPSA) is 50.9 Å². The van der Waals surface area contributed by atoms with Gasteiger partial charge in [0.1, 0.15) is 5.82 Å². The summed E-state index contributed by atoms with van der Waals surface area (Å²) in [6.07, 6.45) is 1.63. The molecule has 0 aliphatic heterocycles. The monoisotopic (exact) mass is 295 g/mol. The molecule has 0 saturated carbocycles. The van der Waals surface area contributed by atoms with E-state index in [4.69, 9.17) is 28.9 Å². The first-order valence-corrected chi connectivity index (χ1v) is 6.66. The molecule has 3 N–H and O–H groups in total. The van der Waals surface area contributed by atoms with Crippen LogP contribution in [0.15, 0.2) is 30.5 Å². The summed E-state index contributed by atoms with van der Waals surface area (Å²) in [7, 11) is 0. The summed E-state index contributed by atoms with van der Waals surface area (Å²) in [6, 6.07) is 7.38. The third-order valence-corrected chi connectivity index (χ3v) is 3.44. The summed E-state index contributed by atoms with van der Waals surface area (Å²) >= 11 is 12.1. The maximum absolute atomic E-state index is 6.19. The summed E-state index contributed by atoms with van der Waals surface area (Å²) in [5, 5.41) is 4.59. The summed E-state index contributed by atoms with van der Waals surface area (Å²) in [6.45, 7) is 3.98. The van der Waals surface area contributed by atoms with Crippen LogP contribution in [0.3, 0.4) is 0 Å². The quantitative estimate of drug-likeness (QED) is 0.879. The minimum atomic E-state index is 0.0274. The van der Waals surface area contributed by atoms with Gasteiger partial charge in [0.2, 0.25) is 0 Å². The van der Waals surface area contributed by atoms with Gasteiger partial charge in [-0.2, -0.15) is 0 Å². The van der Waals surface area contributed by atoms with E-state index in [2.05, 4.69) is 10.3 Å². The smallest absolute Gasteiger partial charge is 0.129 e. The molecule has 1 atom stereocenters. The molecule has 0 aliphatic rings. The zero-order valence-corrected chi connectivity index (χ0v) is 12.3. The zero-order valence-electron chi connectivity index (χ0n) is 10.7. The van der Waals surface area contributed by atoms with Gasteiger partial charge < -0.3 is 11.1 Å². The summed E-state index contributed by atoms with van der Waals surface area (Å²) < 4.78 is 0. The standard InChI is InChI=1S/C14H15Cl2N3/c1-8-5-11(17)7-18-14(8)19-9(2)12-4-3-10(15)6-13(12)16/h3-7,9H,17H2,1-2H3,(H,18,19). The second kappa shape index (κ2) is 5.68. The summed E-state index contributed by atoms with van der Waals surface area (Å²) in [5.41, 5.74) is 8.31. The van der Waals surface area contributed by atoms with Gasteiger partial charge in [-0.15, -0.1) is 0 Å². The van der Waals surface area contributed by atoms with E-state index in [1.807, 2.05) is 32.0 Å². The van der Waals surface area contributed by atoms with Crippen molar-refractivity contribution in [1.82, 2.24) is 4.98 Å². The second-order valence-electron chi connectivity index (χ2n) is 4.47. The van der Waals surface area contributed by atoms with Crippen LogP contribution in [0.5, 0.6) is 0 Å². The van der Waals surface area contributed by atoms with Gasteiger partial charge >= 0.3 is 0 Å². The molecule has 0 spiro atoms. The van der Waals surface area contributed by atoms with E-state index in [0.29, 0.717) is 15.7 Å². The van der Waals surface area contributed by atoms with Crippen molar-refractivity contribution in [2.75, 3.05) is 11.1 Å². The van der Waals surface area contributed by atoms with Crippen LogP contribution in [-0.4, -0.2) is 4.98 Å². The molecule has 0 amide bonds. The molecule has 19 heavy (non-hydrogen) atoms. The second-order valence-corrected chi connectivity index (χ2v) is 5.31. The Hall–Kier alpha value is -1.45. The first-order chi connectivity index (χ1) is 8.97. The Morgan fingerprint density at radius 3 is 2.63 bits per heavy atom. The van der Waals surface area contributed by atoms with Gasteiger partial charge in [0, 0.05) is 10.0 Å². The van der Waals surface area contributed by atoms with Crippen molar-refractivity contribution in [1.29, 1.82) is 0 Å². The molecule has 0 fully saturated rings. The van der Waals surface area contributed by atoms with Crippen LogP contribution in [0.4, 0.5) is 11.5 Å². The highest BCUT2D eigenvalue weighted by molar-refractivity contribution is 6.35. The Morgan fingerprint density at radius 2 is 2.00 bits per heavy atom. The van der Waals surface area contributed by atoms with E-state index in [1.165, 1.54) is 0 Å². The number of nitrogens with one attached hydrogen (secondary N) is 1. The van der Waals surface area contributed by atoms with Crippen molar-refractivity contribution < 1.29 is 0 Å². The molecule has 0 aliphatic carbocycles. The lowest BCUT2D eigenvalue weighted by molar-refractivity contribution is 0.872. The lowest BCUT2D eigenvalue weighted by Gasteiger charge is -2.18. The number of benzene rings is 1. The fraction of sp³-hybridized carbons (Fsp3) is 0.214. The highest BCUT2D eigenvalue weighted by Crippen LogP contribution is 2.28. The van der Waals surface area contributed by atoms with Gasteiger partial charge in [0.25, 0.3) is 0 Å². The van der Waals surface area contributed by atoms with E-state index in [-0.39, 0.29) is 6.04 Å². The number of halogens is 2. The minimum Gasteiger partial charge on any atom is -0.397 e. The molecule has 0 bridgehead atoms. The molecular formula is C14H15Cl2N3. The lowest BCUT2D eigenvalue weighted by Crippen LogP contribution is -2.10. The molecule has 2 rings (SSSR count). The first kappa shape index (κ1) is 14.0. The van der Waals surface area contributed by atoms with Crippen LogP contribution in [0.2, 0.25) is 10.0 Å². The normalized spacial score (nSPS) is 12.2. The van der Waals surface area contributed by atoms with Gasteiger partial charge in [-0.05, 0) is 43.2 Å². The van der Waals surface area contributed by atoms with E-state index in [9.17, 15) is 0 Å². The highest BCUT2D eigenvalue weighted by Gasteiger charge is 2.11. The van der Waals surface area contributed by atoms with Crippen LogP contribution in [-0.2, 0) is 0 Å². The van der Waals surface area contributed by atoms with Crippen LogP contribution in [0, 0.1) is 6.92 Å². The molecule has 1 heterocycles. The Morgan fingerprint density at radius 1 is 1.26 bits per heavy atom. The van der Waals surface area contributed by atoms with Crippen LogP contribution in [0.1, 0.15) is 24.1 Å². The van der Waals surface area contributed by atoms with E-state index in [1.54, 1.807) is 12.3 Å². The number of nitrogens with two attached hydrogens (primary N) is 1. The van der Waals surface area contributed by atoms with Crippen molar-refractivity contribution >= 4 is 34.7 Å². The van der Waals surface area contributed by atoms with Gasteiger partial charge in [-0.25, -0.2) is 4.98 Å². The first-order valence-electron chi connectivity index (χ1n) is 5.91. The Balaban J connectivity index is 2.23. The van der Waals surface area contributed by atoms with Crippen molar-refractivity contribution in [3.8, 4) is 0 Å².